The Labute approximate surface area is 241 Å². The number of halogens is 8. The standard InChI is InChI=1S/C27H28F8N4O3S/c1-36-27(42)11-3-2-4-22(27)25(41)39(20-5-7-21(8-6-20)43(31,32,33,34)35)23(17-14-18(28)16-37-15-17)24(40)38-19-9-12-26(29,30)13-10-19/h5-8,14-16,19,22-23,42H,2-4,9-13H2,(H,38,40). The van der Waals surface area contributed by atoms with Gasteiger partial charge in [-0.3, -0.25) is 24.3 Å². The molecule has 1 heterocycles. The minimum atomic E-state index is -10.1. The molecule has 0 saturated heterocycles. The number of hydrogen-bond acceptors (Lipinski definition) is 4. The van der Waals surface area contributed by atoms with E-state index in [1.807, 2.05) is 0 Å². The fourth-order valence-electron chi connectivity index (χ4n) is 5.49. The summed E-state index contributed by atoms with van der Waals surface area (Å²) >= 11 is 0. The van der Waals surface area contributed by atoms with E-state index in [9.17, 15) is 47.3 Å². The number of carbonyl (C=O) groups is 2. The fourth-order valence-corrected chi connectivity index (χ4v) is 6.14. The molecule has 4 rings (SSSR count). The van der Waals surface area contributed by atoms with E-state index < -0.39 is 80.9 Å². The summed E-state index contributed by atoms with van der Waals surface area (Å²) in [7, 11) is -10.1. The quantitative estimate of drug-likeness (QED) is 0.243. The Morgan fingerprint density at radius 1 is 1.02 bits per heavy atom. The summed E-state index contributed by atoms with van der Waals surface area (Å²) in [6, 6.07) is -0.781. The van der Waals surface area contributed by atoms with Gasteiger partial charge >= 0.3 is 15.9 Å². The van der Waals surface area contributed by atoms with Gasteiger partial charge in [0.1, 0.15) is 22.7 Å². The highest BCUT2D eigenvalue weighted by Gasteiger charge is 2.65. The highest BCUT2D eigenvalue weighted by molar-refractivity contribution is 8.45. The van der Waals surface area contributed by atoms with E-state index in [4.69, 9.17) is 6.57 Å². The minimum Gasteiger partial charge on any atom is -0.351 e. The average molecular weight is 641 g/mol. The molecule has 2 saturated carbocycles. The summed E-state index contributed by atoms with van der Waals surface area (Å²) in [5, 5.41) is 13.5. The molecule has 0 aliphatic heterocycles. The molecule has 236 valence electrons. The average Bonchev–Trinajstić information content (AvgIpc) is 2.91. The molecule has 2 aliphatic rings. The lowest BCUT2D eigenvalue weighted by Crippen LogP contribution is -2.53. The molecule has 0 spiro atoms. The summed E-state index contributed by atoms with van der Waals surface area (Å²) < 4.78 is 109. The number of aliphatic hydroxyl groups is 1. The van der Waals surface area contributed by atoms with Crippen LogP contribution < -0.4 is 10.2 Å². The summed E-state index contributed by atoms with van der Waals surface area (Å²) in [6.07, 6.45) is 0.878. The van der Waals surface area contributed by atoms with Gasteiger partial charge in [-0.15, -0.1) is 0 Å². The molecule has 2 aliphatic carbocycles. The third-order valence-corrected chi connectivity index (χ3v) is 8.91. The molecule has 2 aromatic rings. The van der Waals surface area contributed by atoms with Crippen molar-refractivity contribution in [2.24, 2.45) is 5.92 Å². The molecule has 3 unspecified atom stereocenters. The monoisotopic (exact) mass is 640 g/mol. The molecule has 1 aromatic carbocycles. The van der Waals surface area contributed by atoms with Crippen LogP contribution in [0.2, 0.25) is 0 Å². The first-order valence-electron chi connectivity index (χ1n) is 13.3. The molecule has 0 radical (unpaired) electrons. The van der Waals surface area contributed by atoms with Gasteiger partial charge in [-0.1, -0.05) is 25.8 Å². The normalized spacial score (nSPS) is 25.0. The van der Waals surface area contributed by atoms with E-state index in [0.717, 1.165) is 18.5 Å². The van der Waals surface area contributed by atoms with E-state index in [0.29, 0.717) is 29.9 Å². The number of rotatable bonds is 7. The van der Waals surface area contributed by atoms with Crippen molar-refractivity contribution >= 4 is 27.7 Å². The van der Waals surface area contributed by atoms with Gasteiger partial charge in [0, 0.05) is 36.3 Å². The molecule has 2 N–H and O–H groups in total. The fraction of sp³-hybridized carbons (Fsp3) is 0.481. The molecule has 0 bridgehead atoms. The number of nitrogens with zero attached hydrogens (tertiary/aromatic N) is 3. The maximum atomic E-state index is 14.3. The zero-order valence-electron chi connectivity index (χ0n) is 22.5. The van der Waals surface area contributed by atoms with Crippen molar-refractivity contribution in [2.75, 3.05) is 4.90 Å². The number of aromatic nitrogens is 1. The largest absolute Gasteiger partial charge is 0.351 e. The van der Waals surface area contributed by atoms with Crippen LogP contribution in [0.25, 0.3) is 4.85 Å². The summed E-state index contributed by atoms with van der Waals surface area (Å²) in [4.78, 5) is 33.1. The van der Waals surface area contributed by atoms with Gasteiger partial charge in [-0.25, -0.2) is 19.7 Å². The van der Waals surface area contributed by atoms with E-state index in [-0.39, 0.29) is 43.4 Å². The second-order valence-electron chi connectivity index (χ2n) is 10.9. The van der Waals surface area contributed by atoms with Crippen LogP contribution in [0.4, 0.5) is 38.3 Å². The van der Waals surface area contributed by atoms with Gasteiger partial charge < -0.3 is 10.4 Å². The Morgan fingerprint density at radius 3 is 2.21 bits per heavy atom. The van der Waals surface area contributed by atoms with Gasteiger partial charge in [0.05, 0.1) is 12.6 Å². The van der Waals surface area contributed by atoms with Crippen LogP contribution in [0.15, 0.2) is 47.6 Å². The molecule has 3 atom stereocenters. The van der Waals surface area contributed by atoms with Gasteiger partial charge in [0.25, 0.3) is 0 Å². The SMILES string of the molecule is [C-]#[N+]C1(O)CCCCC1C(=O)N(c1ccc(S(F)(F)(F)(F)F)cc1)C(C(=O)NC1CCC(F)(F)CC1)c1cncc(F)c1. The van der Waals surface area contributed by atoms with Crippen LogP contribution in [0.1, 0.15) is 63.0 Å². The smallest absolute Gasteiger partial charge is 0.346 e. The zero-order chi connectivity index (χ0) is 31.9. The summed E-state index contributed by atoms with van der Waals surface area (Å²) in [5.41, 5.74) is -3.05. The number of pyridine rings is 1. The number of benzene rings is 1. The van der Waals surface area contributed by atoms with E-state index in [2.05, 4.69) is 15.1 Å². The molecule has 43 heavy (non-hydrogen) atoms. The maximum absolute atomic E-state index is 14.3. The van der Waals surface area contributed by atoms with Gasteiger partial charge in [-0.05, 0) is 56.0 Å². The van der Waals surface area contributed by atoms with E-state index >= 15 is 0 Å². The molecule has 2 amide bonds. The first-order valence-corrected chi connectivity index (χ1v) is 15.2. The van der Waals surface area contributed by atoms with Crippen LogP contribution in [0.5, 0.6) is 0 Å². The lowest BCUT2D eigenvalue weighted by Gasteiger charge is -2.41. The molecule has 16 heteroatoms. The molecule has 1 aromatic heterocycles. The third-order valence-electron chi connectivity index (χ3n) is 7.75. The Bertz CT molecular complexity index is 1430. The number of hydrogen-bond donors (Lipinski definition) is 2. The molecular formula is C27H28F8N4O3S. The Kier molecular flexibility index (Phi) is 8.02. The molecular weight excluding hydrogens is 612 g/mol. The Morgan fingerprint density at radius 2 is 1.65 bits per heavy atom. The van der Waals surface area contributed by atoms with Crippen LogP contribution in [-0.2, 0) is 9.59 Å². The number of anilines is 1. The molecule has 7 nitrogen and oxygen atoms in total. The van der Waals surface area contributed by atoms with Gasteiger partial charge in [0.2, 0.25) is 17.7 Å². The maximum Gasteiger partial charge on any atom is 0.346 e. The predicted octanol–water partition coefficient (Wildman–Crippen LogP) is 7.44. The van der Waals surface area contributed by atoms with Crippen molar-refractivity contribution in [2.45, 2.75) is 80.0 Å². The Balaban J connectivity index is 1.85. The van der Waals surface area contributed by atoms with Crippen LogP contribution in [-0.4, -0.2) is 39.6 Å². The first-order chi connectivity index (χ1) is 19.7. The highest BCUT2D eigenvalue weighted by Crippen LogP contribution is 3.02. The lowest BCUT2D eigenvalue weighted by molar-refractivity contribution is -0.135. The second kappa shape index (κ2) is 10.6. The van der Waals surface area contributed by atoms with E-state index in [1.165, 1.54) is 0 Å². The van der Waals surface area contributed by atoms with Crippen molar-refractivity contribution in [3.8, 4) is 0 Å². The number of alkyl halides is 2. The van der Waals surface area contributed by atoms with Crippen molar-refractivity contribution < 1.29 is 47.3 Å². The molecule has 2 fully saturated rings. The first kappa shape index (κ1) is 32.5. The van der Waals surface area contributed by atoms with Crippen LogP contribution in [0.3, 0.4) is 0 Å². The van der Waals surface area contributed by atoms with Crippen LogP contribution >= 0.6 is 10.2 Å². The van der Waals surface area contributed by atoms with Crippen molar-refractivity contribution in [3.63, 3.8) is 0 Å². The topological polar surface area (TPSA) is 86.9 Å². The minimum absolute atomic E-state index is 0.0289. The number of carbonyl (C=O) groups excluding carboxylic acids is 2. The summed E-state index contributed by atoms with van der Waals surface area (Å²) in [5.74, 6) is -7.58. The zero-order valence-corrected chi connectivity index (χ0v) is 23.3. The van der Waals surface area contributed by atoms with Crippen molar-refractivity contribution in [1.29, 1.82) is 0 Å². The second-order valence-corrected chi connectivity index (χ2v) is 13.3. The van der Waals surface area contributed by atoms with Crippen LogP contribution in [0, 0.1) is 18.3 Å². The van der Waals surface area contributed by atoms with Crippen molar-refractivity contribution in [3.05, 3.63) is 65.5 Å². The van der Waals surface area contributed by atoms with Gasteiger partial charge in [-0.2, -0.15) is 0 Å². The lowest BCUT2D eigenvalue weighted by atomic mass is 9.80. The highest BCUT2D eigenvalue weighted by atomic mass is 32.5. The summed E-state index contributed by atoms with van der Waals surface area (Å²) in [6.45, 7) is 7.49. The Hall–Kier alpha value is -3.45. The predicted molar refractivity (Wildman–Crippen MR) is 141 cm³/mol. The number of amides is 2. The van der Waals surface area contributed by atoms with E-state index in [1.54, 1.807) is 0 Å². The van der Waals surface area contributed by atoms with Crippen molar-refractivity contribution in [1.82, 2.24) is 10.3 Å². The number of nitrogens with one attached hydrogen (secondary N) is 1. The third kappa shape index (κ3) is 7.38. The van der Waals surface area contributed by atoms with Gasteiger partial charge in [0.15, 0.2) is 0 Å².